The van der Waals surface area contributed by atoms with E-state index in [4.69, 9.17) is 9.84 Å². The number of alkyl halides is 3. The van der Waals surface area contributed by atoms with Crippen LogP contribution in [0.2, 0.25) is 0 Å². The summed E-state index contributed by atoms with van der Waals surface area (Å²) in [5, 5.41) is 8.75. The summed E-state index contributed by atoms with van der Waals surface area (Å²) in [6.45, 7) is -0.225. The summed E-state index contributed by atoms with van der Waals surface area (Å²) >= 11 is 0. The van der Waals surface area contributed by atoms with Crippen molar-refractivity contribution in [3.05, 3.63) is 23.9 Å². The lowest BCUT2D eigenvalue weighted by atomic mass is 10.3. The molecule has 0 aromatic carbocycles. The van der Waals surface area contributed by atoms with Crippen LogP contribution in [0.1, 0.15) is 23.2 Å². The van der Waals surface area contributed by atoms with Gasteiger partial charge in [0.25, 0.3) is 0 Å². The Kier molecular flexibility index (Phi) is 4.30. The number of carboxylic acids is 1. The van der Waals surface area contributed by atoms with Crippen LogP contribution in [0, 0.1) is 0 Å². The highest BCUT2D eigenvalue weighted by atomic mass is 19.4. The molecule has 94 valence electrons. The largest absolute Gasteiger partial charge is 0.477 e. The number of hydrogen-bond acceptors (Lipinski definition) is 3. The highest BCUT2D eigenvalue weighted by Crippen LogP contribution is 2.21. The minimum atomic E-state index is -4.23. The minimum absolute atomic E-state index is 0.165. The highest BCUT2D eigenvalue weighted by molar-refractivity contribution is 5.90. The number of halogens is 3. The number of ether oxygens (including phenoxy) is 1. The van der Waals surface area contributed by atoms with Gasteiger partial charge in [-0.05, 0) is 18.6 Å². The van der Waals surface area contributed by atoms with Crippen LogP contribution in [0.5, 0.6) is 5.88 Å². The number of pyridine rings is 1. The zero-order chi connectivity index (χ0) is 12.9. The number of carboxylic acid groups (broad SMARTS) is 1. The number of nitrogens with zero attached hydrogens (tertiary/aromatic N) is 1. The lowest BCUT2D eigenvalue weighted by molar-refractivity contribution is -0.136. The number of carbonyl (C=O) groups is 1. The summed E-state index contributed by atoms with van der Waals surface area (Å²) in [7, 11) is 0. The van der Waals surface area contributed by atoms with Crippen molar-refractivity contribution < 1.29 is 27.8 Å². The van der Waals surface area contributed by atoms with Gasteiger partial charge in [0, 0.05) is 12.6 Å². The molecule has 0 bridgehead atoms. The van der Waals surface area contributed by atoms with Gasteiger partial charge in [-0.2, -0.15) is 13.2 Å². The maximum atomic E-state index is 11.8. The minimum Gasteiger partial charge on any atom is -0.477 e. The Bertz CT molecular complexity index is 393. The number of hydrogen-bond donors (Lipinski definition) is 1. The fourth-order valence-electron chi connectivity index (χ4n) is 1.11. The van der Waals surface area contributed by atoms with Gasteiger partial charge in [-0.15, -0.1) is 0 Å². The zero-order valence-electron chi connectivity index (χ0n) is 8.70. The molecular weight excluding hydrogens is 239 g/mol. The molecule has 0 saturated heterocycles. The van der Waals surface area contributed by atoms with Crippen molar-refractivity contribution >= 4 is 5.97 Å². The van der Waals surface area contributed by atoms with Crippen LogP contribution < -0.4 is 4.74 Å². The SMILES string of the molecule is O=C(O)c1cccnc1OCCCC(F)(F)F. The fourth-order valence-corrected chi connectivity index (χ4v) is 1.11. The maximum absolute atomic E-state index is 11.8. The van der Waals surface area contributed by atoms with Crippen molar-refractivity contribution in [2.45, 2.75) is 19.0 Å². The summed E-state index contributed by atoms with van der Waals surface area (Å²) in [6, 6.07) is 2.68. The molecule has 1 rings (SSSR count). The van der Waals surface area contributed by atoms with E-state index >= 15 is 0 Å². The number of aromatic nitrogens is 1. The van der Waals surface area contributed by atoms with Crippen LogP contribution in [0.25, 0.3) is 0 Å². The summed E-state index contributed by atoms with van der Waals surface area (Å²) in [6.07, 6.45) is -4.13. The molecule has 0 aliphatic carbocycles. The monoisotopic (exact) mass is 249 g/mol. The molecule has 0 spiro atoms. The van der Waals surface area contributed by atoms with E-state index in [1.54, 1.807) is 0 Å². The average molecular weight is 249 g/mol. The van der Waals surface area contributed by atoms with E-state index in [9.17, 15) is 18.0 Å². The van der Waals surface area contributed by atoms with Crippen molar-refractivity contribution in [1.29, 1.82) is 0 Å². The van der Waals surface area contributed by atoms with E-state index in [0.717, 1.165) is 0 Å². The lowest BCUT2D eigenvalue weighted by Crippen LogP contribution is -2.11. The van der Waals surface area contributed by atoms with Gasteiger partial charge >= 0.3 is 12.1 Å². The smallest absolute Gasteiger partial charge is 0.389 e. The van der Waals surface area contributed by atoms with Crippen molar-refractivity contribution in [1.82, 2.24) is 4.98 Å². The first-order valence-corrected chi connectivity index (χ1v) is 4.78. The summed E-state index contributed by atoms with van der Waals surface area (Å²) < 4.78 is 40.4. The van der Waals surface area contributed by atoms with E-state index in [-0.39, 0.29) is 24.5 Å². The van der Waals surface area contributed by atoms with Gasteiger partial charge in [-0.3, -0.25) is 0 Å². The van der Waals surface area contributed by atoms with Gasteiger partial charge in [0.2, 0.25) is 5.88 Å². The Morgan fingerprint density at radius 1 is 1.47 bits per heavy atom. The van der Waals surface area contributed by atoms with Crippen molar-refractivity contribution in [3.8, 4) is 5.88 Å². The third-order valence-corrected chi connectivity index (χ3v) is 1.84. The van der Waals surface area contributed by atoms with Gasteiger partial charge in [0.05, 0.1) is 6.61 Å². The normalized spacial score (nSPS) is 11.2. The highest BCUT2D eigenvalue weighted by Gasteiger charge is 2.26. The first kappa shape index (κ1) is 13.3. The summed E-state index contributed by atoms with van der Waals surface area (Å²) in [4.78, 5) is 14.4. The third-order valence-electron chi connectivity index (χ3n) is 1.84. The predicted molar refractivity (Wildman–Crippen MR) is 52.0 cm³/mol. The Morgan fingerprint density at radius 2 is 2.18 bits per heavy atom. The molecule has 0 aliphatic heterocycles. The van der Waals surface area contributed by atoms with Crippen molar-refractivity contribution in [2.24, 2.45) is 0 Å². The van der Waals surface area contributed by atoms with E-state index in [1.165, 1.54) is 18.3 Å². The van der Waals surface area contributed by atoms with E-state index in [1.807, 2.05) is 0 Å². The van der Waals surface area contributed by atoms with Crippen LogP contribution in [0.4, 0.5) is 13.2 Å². The first-order valence-electron chi connectivity index (χ1n) is 4.78. The van der Waals surface area contributed by atoms with Gasteiger partial charge in [-0.25, -0.2) is 9.78 Å². The third kappa shape index (κ3) is 4.71. The molecule has 0 unspecified atom stereocenters. The first-order chi connectivity index (χ1) is 7.90. The molecule has 0 radical (unpaired) electrons. The Morgan fingerprint density at radius 3 is 2.76 bits per heavy atom. The molecule has 0 atom stereocenters. The molecule has 17 heavy (non-hydrogen) atoms. The fraction of sp³-hybridized carbons (Fsp3) is 0.400. The number of rotatable bonds is 5. The standard InChI is InChI=1S/C10H10F3NO3/c11-10(12,13)4-2-6-17-8-7(9(15)16)3-1-5-14-8/h1,3,5H,2,4,6H2,(H,15,16). The van der Waals surface area contributed by atoms with Crippen LogP contribution in [-0.2, 0) is 0 Å². The molecule has 0 saturated carbocycles. The van der Waals surface area contributed by atoms with Gasteiger partial charge in [0.15, 0.2) is 0 Å². The van der Waals surface area contributed by atoms with Crippen molar-refractivity contribution in [3.63, 3.8) is 0 Å². The summed E-state index contributed by atoms with van der Waals surface area (Å²) in [5.74, 6) is -1.40. The second-order valence-electron chi connectivity index (χ2n) is 3.23. The molecule has 0 fully saturated rings. The molecule has 0 aliphatic rings. The summed E-state index contributed by atoms with van der Waals surface area (Å²) in [5.41, 5.74) is -0.167. The zero-order valence-corrected chi connectivity index (χ0v) is 8.70. The molecule has 1 heterocycles. The average Bonchev–Trinajstić information content (AvgIpc) is 2.23. The van der Waals surface area contributed by atoms with Crippen LogP contribution in [0.15, 0.2) is 18.3 Å². The van der Waals surface area contributed by atoms with Crippen molar-refractivity contribution in [2.75, 3.05) is 6.61 Å². The predicted octanol–water partition coefficient (Wildman–Crippen LogP) is 2.50. The number of aromatic carboxylic acids is 1. The van der Waals surface area contributed by atoms with Gasteiger partial charge in [0.1, 0.15) is 5.56 Å². The quantitative estimate of drug-likeness (QED) is 0.814. The topological polar surface area (TPSA) is 59.4 Å². The second-order valence-corrected chi connectivity index (χ2v) is 3.23. The maximum Gasteiger partial charge on any atom is 0.389 e. The van der Waals surface area contributed by atoms with Crippen LogP contribution in [-0.4, -0.2) is 28.8 Å². The molecule has 0 amide bonds. The Labute approximate surface area is 95.0 Å². The Balaban J connectivity index is 2.49. The van der Waals surface area contributed by atoms with E-state index in [0.29, 0.717) is 0 Å². The molecular formula is C10H10F3NO3. The van der Waals surface area contributed by atoms with Gasteiger partial charge in [-0.1, -0.05) is 0 Å². The lowest BCUT2D eigenvalue weighted by Gasteiger charge is -2.08. The molecule has 7 heteroatoms. The molecule has 4 nitrogen and oxygen atoms in total. The van der Waals surface area contributed by atoms with Crippen LogP contribution in [0.3, 0.4) is 0 Å². The second kappa shape index (κ2) is 5.51. The van der Waals surface area contributed by atoms with E-state index < -0.39 is 18.6 Å². The molecule has 1 aromatic heterocycles. The molecule has 1 aromatic rings. The van der Waals surface area contributed by atoms with Gasteiger partial charge < -0.3 is 9.84 Å². The Hall–Kier alpha value is -1.79. The van der Waals surface area contributed by atoms with Crippen LogP contribution >= 0.6 is 0 Å². The van der Waals surface area contributed by atoms with E-state index in [2.05, 4.69) is 4.98 Å². The molecule has 1 N–H and O–H groups in total.